The van der Waals surface area contributed by atoms with E-state index in [1.807, 2.05) is 0 Å². The number of ether oxygens (including phenoxy) is 2. The molecule has 0 spiro atoms. The minimum Gasteiger partial charge on any atom is -0.395 e. The van der Waals surface area contributed by atoms with Crippen LogP contribution in [0.15, 0.2) is 35.4 Å². The molecule has 0 aliphatic carbocycles. The van der Waals surface area contributed by atoms with Gasteiger partial charge in [0.05, 0.1) is 0 Å². The minimum absolute atomic E-state index is 0.0665. The van der Waals surface area contributed by atoms with Gasteiger partial charge in [0.15, 0.2) is 11.5 Å². The van der Waals surface area contributed by atoms with Gasteiger partial charge in [0, 0.05) is 25.0 Å². The molecule has 0 atom stereocenters. The molecule has 0 saturated carbocycles. The Morgan fingerprint density at radius 2 is 1.88 bits per heavy atom. The Kier molecular flexibility index (Phi) is 3.92. The molecular weight excluding hydrogens is 360 g/mol. The highest BCUT2D eigenvalue weighted by Gasteiger charge is 2.43. The van der Waals surface area contributed by atoms with Crippen LogP contribution in [-0.4, -0.2) is 32.2 Å². The van der Waals surface area contributed by atoms with E-state index in [9.17, 15) is 22.0 Å². The largest absolute Gasteiger partial charge is 0.586 e. The first-order chi connectivity index (χ1) is 11.6. The van der Waals surface area contributed by atoms with E-state index in [1.165, 1.54) is 49.1 Å². The van der Waals surface area contributed by atoms with Crippen LogP contribution in [0.3, 0.4) is 0 Å². The lowest BCUT2D eigenvalue weighted by Gasteiger charge is -2.06. The molecule has 0 radical (unpaired) electrons. The topological polar surface area (TPSA) is 98.7 Å². The van der Waals surface area contributed by atoms with Gasteiger partial charge in [-0.3, -0.25) is 4.79 Å². The second kappa shape index (κ2) is 5.70. The third-order valence-electron chi connectivity index (χ3n) is 3.45. The maximum Gasteiger partial charge on any atom is 0.586 e. The summed E-state index contributed by atoms with van der Waals surface area (Å²) in [6.45, 7) is 0. The molecule has 2 aromatic rings. The summed E-state index contributed by atoms with van der Waals surface area (Å²) in [5, 5.41) is 2.48. The molecule has 25 heavy (non-hydrogen) atoms. The Bertz CT molecular complexity index is 955. The van der Waals surface area contributed by atoms with Crippen molar-refractivity contribution >= 4 is 21.6 Å². The van der Waals surface area contributed by atoms with Gasteiger partial charge in [-0.25, -0.2) is 13.1 Å². The number of sulfonamides is 1. The fourth-order valence-electron chi connectivity index (χ4n) is 2.25. The number of hydrogen-bond acceptors (Lipinski definition) is 5. The molecule has 2 heterocycles. The zero-order valence-corrected chi connectivity index (χ0v) is 13.9. The Hall–Kier alpha value is -2.66. The van der Waals surface area contributed by atoms with E-state index in [0.717, 1.165) is 0 Å². The molecule has 2 N–H and O–H groups in total. The van der Waals surface area contributed by atoms with Crippen molar-refractivity contribution in [3.8, 4) is 11.5 Å². The fourth-order valence-corrected chi connectivity index (χ4v) is 3.05. The third kappa shape index (κ3) is 3.28. The van der Waals surface area contributed by atoms with Gasteiger partial charge in [-0.2, -0.15) is 0 Å². The summed E-state index contributed by atoms with van der Waals surface area (Å²) in [6.07, 6.45) is -2.47. The number of anilines is 1. The summed E-state index contributed by atoms with van der Waals surface area (Å²) >= 11 is 0. The second-order valence-corrected chi connectivity index (χ2v) is 7.05. The molecule has 0 unspecified atom stereocenters. The monoisotopic (exact) mass is 373 g/mol. The second-order valence-electron chi connectivity index (χ2n) is 5.16. The zero-order valence-electron chi connectivity index (χ0n) is 13.0. The zero-order chi connectivity index (χ0) is 18.4. The maximum atomic E-state index is 13.0. The van der Waals surface area contributed by atoms with Crippen LogP contribution < -0.4 is 19.5 Å². The van der Waals surface area contributed by atoms with Crippen molar-refractivity contribution in [3.63, 3.8) is 0 Å². The average molecular weight is 373 g/mol. The molecule has 1 amide bonds. The molecule has 11 heteroatoms. The Labute approximate surface area is 141 Å². The van der Waals surface area contributed by atoms with Gasteiger partial charge in [0.2, 0.25) is 10.0 Å². The van der Waals surface area contributed by atoms with Gasteiger partial charge in [-0.1, -0.05) is 0 Å². The lowest BCUT2D eigenvalue weighted by Crippen LogP contribution is -2.25. The number of rotatable bonds is 4. The van der Waals surface area contributed by atoms with Crippen molar-refractivity contribution in [3.05, 3.63) is 36.2 Å². The number of aromatic nitrogens is 1. The molecule has 0 saturated heterocycles. The Morgan fingerprint density at radius 3 is 2.56 bits per heavy atom. The number of carbonyl (C=O) groups is 1. The summed E-state index contributed by atoms with van der Waals surface area (Å²) in [7, 11) is -0.940. The number of carbonyl (C=O) groups excluding carboxylic acids is 1. The molecule has 134 valence electrons. The van der Waals surface area contributed by atoms with Crippen molar-refractivity contribution in [2.75, 3.05) is 12.4 Å². The van der Waals surface area contributed by atoms with Crippen molar-refractivity contribution in [1.82, 2.24) is 9.29 Å². The number of hydrogen-bond donors (Lipinski definition) is 2. The molecule has 0 bridgehead atoms. The van der Waals surface area contributed by atoms with E-state index in [1.54, 1.807) is 0 Å². The predicted molar refractivity (Wildman–Crippen MR) is 82.3 cm³/mol. The number of nitrogens with zero attached hydrogens (tertiary/aromatic N) is 1. The number of aryl methyl sites for hydroxylation is 1. The summed E-state index contributed by atoms with van der Waals surface area (Å²) in [5.41, 5.74) is 0.251. The van der Waals surface area contributed by atoms with E-state index in [-0.39, 0.29) is 27.8 Å². The van der Waals surface area contributed by atoms with E-state index in [4.69, 9.17) is 0 Å². The Balaban J connectivity index is 1.83. The molecule has 8 nitrogen and oxygen atoms in total. The van der Waals surface area contributed by atoms with E-state index >= 15 is 0 Å². The normalized spacial score (nSPS) is 15.2. The number of benzene rings is 1. The van der Waals surface area contributed by atoms with Crippen LogP contribution in [-0.2, 0) is 17.1 Å². The lowest BCUT2D eigenvalue weighted by atomic mass is 10.2. The van der Waals surface area contributed by atoms with E-state index in [0.29, 0.717) is 0 Å². The molecule has 3 rings (SSSR count). The minimum atomic E-state index is -3.75. The van der Waals surface area contributed by atoms with Crippen LogP contribution in [0.4, 0.5) is 14.5 Å². The lowest BCUT2D eigenvalue weighted by molar-refractivity contribution is -0.286. The molecule has 1 aliphatic rings. The average Bonchev–Trinajstić information content (AvgIpc) is 3.05. The number of amides is 1. The first-order valence-electron chi connectivity index (χ1n) is 6.92. The van der Waals surface area contributed by atoms with E-state index in [2.05, 4.69) is 19.5 Å². The van der Waals surface area contributed by atoms with Gasteiger partial charge < -0.3 is 19.4 Å². The fraction of sp³-hybridized carbons (Fsp3) is 0.214. The first kappa shape index (κ1) is 17.2. The van der Waals surface area contributed by atoms with Crippen LogP contribution in [0.1, 0.15) is 10.5 Å². The van der Waals surface area contributed by atoms with Crippen LogP contribution >= 0.6 is 0 Å². The number of halogens is 2. The van der Waals surface area contributed by atoms with E-state index < -0.39 is 22.2 Å². The molecular formula is C14H13F2N3O5S. The molecule has 1 aliphatic heterocycles. The van der Waals surface area contributed by atoms with Crippen LogP contribution in [0.5, 0.6) is 11.5 Å². The van der Waals surface area contributed by atoms with Crippen LogP contribution in [0.25, 0.3) is 0 Å². The van der Waals surface area contributed by atoms with Gasteiger partial charge in [0.25, 0.3) is 5.91 Å². The number of alkyl halides is 2. The highest BCUT2D eigenvalue weighted by Crippen LogP contribution is 2.42. The summed E-state index contributed by atoms with van der Waals surface area (Å²) in [6, 6.07) is 4.97. The number of nitrogens with one attached hydrogen (secondary N) is 2. The van der Waals surface area contributed by atoms with Crippen molar-refractivity contribution in [2.45, 2.75) is 11.2 Å². The van der Waals surface area contributed by atoms with Crippen LogP contribution in [0.2, 0.25) is 0 Å². The maximum absolute atomic E-state index is 13.0. The molecule has 1 aromatic heterocycles. The van der Waals surface area contributed by atoms with Gasteiger partial charge >= 0.3 is 6.29 Å². The summed E-state index contributed by atoms with van der Waals surface area (Å²) in [5.74, 6) is -0.983. The standard InChI is InChI=1S/C14H13F2N3O5S/c1-17-25(21,22)9-6-10(19(2)7-9)13(20)18-8-3-4-11-12(5-8)24-14(15,16)23-11/h3-7,17H,1-2H3,(H,18,20). The summed E-state index contributed by atoms with van der Waals surface area (Å²) < 4.78 is 61.6. The van der Waals surface area contributed by atoms with Gasteiger partial charge in [-0.05, 0) is 25.2 Å². The van der Waals surface area contributed by atoms with Crippen molar-refractivity contribution in [2.24, 2.45) is 7.05 Å². The van der Waals surface area contributed by atoms with Crippen LogP contribution in [0, 0.1) is 0 Å². The predicted octanol–water partition coefficient (Wildman–Crippen LogP) is 1.51. The first-order valence-corrected chi connectivity index (χ1v) is 8.41. The summed E-state index contributed by atoms with van der Waals surface area (Å²) in [4.78, 5) is 12.2. The van der Waals surface area contributed by atoms with Crippen molar-refractivity contribution < 1.29 is 31.5 Å². The van der Waals surface area contributed by atoms with Crippen molar-refractivity contribution in [1.29, 1.82) is 0 Å². The highest BCUT2D eigenvalue weighted by molar-refractivity contribution is 7.89. The smallest absolute Gasteiger partial charge is 0.395 e. The van der Waals surface area contributed by atoms with Gasteiger partial charge in [0.1, 0.15) is 10.6 Å². The SMILES string of the molecule is CNS(=O)(=O)c1cc(C(=O)Nc2ccc3c(c2)OC(F)(F)O3)n(C)c1. The molecule has 0 fully saturated rings. The highest BCUT2D eigenvalue weighted by atomic mass is 32.2. The molecule has 1 aromatic carbocycles. The third-order valence-corrected chi connectivity index (χ3v) is 4.83. The van der Waals surface area contributed by atoms with Gasteiger partial charge in [-0.15, -0.1) is 8.78 Å². The Morgan fingerprint density at radius 1 is 1.20 bits per heavy atom. The quantitative estimate of drug-likeness (QED) is 0.846. The number of fused-ring (bicyclic) bond motifs is 1.